The van der Waals surface area contributed by atoms with Crippen LogP contribution >= 0.6 is 15.9 Å². The first kappa shape index (κ1) is 18.1. The number of nitrogens with one attached hydrogen (secondary N) is 2. The Balaban J connectivity index is 1.36. The summed E-state index contributed by atoms with van der Waals surface area (Å²) in [6.45, 7) is 1.01. The second-order valence-corrected chi connectivity index (χ2v) is 6.76. The summed E-state index contributed by atoms with van der Waals surface area (Å²) in [5.41, 5.74) is 2.17. The van der Waals surface area contributed by atoms with Crippen LogP contribution in [0.5, 0.6) is 0 Å². The molecule has 2 amide bonds. The van der Waals surface area contributed by atoms with Crippen molar-refractivity contribution in [2.45, 2.75) is 12.8 Å². The van der Waals surface area contributed by atoms with Crippen molar-refractivity contribution in [3.05, 3.63) is 70.6 Å². The van der Waals surface area contributed by atoms with Gasteiger partial charge in [0.05, 0.1) is 12.1 Å². The summed E-state index contributed by atoms with van der Waals surface area (Å²) < 4.78 is 2.82. The number of aromatic nitrogens is 2. The maximum absolute atomic E-state index is 12.0. The molecule has 2 heterocycles. The first-order valence-electron chi connectivity index (χ1n) is 8.35. The zero-order chi connectivity index (χ0) is 18.4. The minimum absolute atomic E-state index is 0.0763. The van der Waals surface area contributed by atoms with Gasteiger partial charge < -0.3 is 15.0 Å². The zero-order valence-corrected chi connectivity index (χ0v) is 15.7. The highest BCUT2D eigenvalue weighted by molar-refractivity contribution is 9.10. The molecule has 7 heteroatoms. The van der Waals surface area contributed by atoms with E-state index in [0.717, 1.165) is 15.8 Å². The van der Waals surface area contributed by atoms with Crippen molar-refractivity contribution in [1.82, 2.24) is 20.0 Å². The number of hydrogen-bond donors (Lipinski definition) is 2. The second kappa shape index (κ2) is 8.62. The number of pyridine rings is 1. The Morgan fingerprint density at radius 2 is 1.81 bits per heavy atom. The van der Waals surface area contributed by atoms with E-state index in [-0.39, 0.29) is 18.2 Å². The zero-order valence-electron chi connectivity index (χ0n) is 14.1. The molecule has 0 bridgehead atoms. The van der Waals surface area contributed by atoms with Crippen LogP contribution in [0.2, 0.25) is 0 Å². The number of carbonyl (C=O) groups is 2. The molecule has 0 saturated carbocycles. The fourth-order valence-electron chi connectivity index (χ4n) is 2.52. The predicted octanol–water partition coefficient (Wildman–Crippen LogP) is 2.58. The Hall–Kier alpha value is -2.67. The van der Waals surface area contributed by atoms with Gasteiger partial charge in [0, 0.05) is 35.5 Å². The monoisotopic (exact) mass is 414 g/mol. The lowest BCUT2D eigenvalue weighted by molar-refractivity contribution is -0.120. The average Bonchev–Trinajstić information content (AvgIpc) is 3.04. The standard InChI is InChI=1S/C19H19BrN4O2/c20-15-7-5-14(6-8-15)19(26)22-10-3-9-21-18(25)12-16-13-24-11-2-1-4-17(24)23-16/h1-2,4-8,11,13H,3,9-10,12H2,(H,21,25)(H,22,26). The summed E-state index contributed by atoms with van der Waals surface area (Å²) in [6.07, 6.45) is 4.66. The molecule has 0 atom stereocenters. The van der Waals surface area contributed by atoms with Crippen LogP contribution in [-0.4, -0.2) is 34.3 Å². The number of rotatable bonds is 7. The maximum Gasteiger partial charge on any atom is 0.251 e. The van der Waals surface area contributed by atoms with E-state index in [1.807, 2.05) is 47.1 Å². The van der Waals surface area contributed by atoms with Crippen LogP contribution in [0.3, 0.4) is 0 Å². The summed E-state index contributed by atoms with van der Waals surface area (Å²) in [5.74, 6) is -0.193. The molecular weight excluding hydrogens is 396 g/mol. The van der Waals surface area contributed by atoms with E-state index in [1.54, 1.807) is 12.1 Å². The number of carbonyl (C=O) groups excluding carboxylic acids is 2. The third kappa shape index (κ3) is 4.92. The van der Waals surface area contributed by atoms with E-state index in [4.69, 9.17) is 0 Å². The van der Waals surface area contributed by atoms with Crippen molar-refractivity contribution in [2.24, 2.45) is 0 Å². The van der Waals surface area contributed by atoms with Gasteiger partial charge in [-0.25, -0.2) is 4.98 Å². The number of benzene rings is 1. The number of amides is 2. The minimum Gasteiger partial charge on any atom is -0.356 e. The largest absolute Gasteiger partial charge is 0.356 e. The highest BCUT2D eigenvalue weighted by atomic mass is 79.9. The van der Waals surface area contributed by atoms with Gasteiger partial charge in [-0.3, -0.25) is 9.59 Å². The molecule has 3 rings (SSSR count). The van der Waals surface area contributed by atoms with E-state index in [0.29, 0.717) is 25.1 Å². The van der Waals surface area contributed by atoms with Crippen LogP contribution in [-0.2, 0) is 11.2 Å². The Morgan fingerprint density at radius 3 is 2.58 bits per heavy atom. The minimum atomic E-state index is -0.117. The molecule has 0 fully saturated rings. The fourth-order valence-corrected chi connectivity index (χ4v) is 2.79. The molecule has 1 aromatic carbocycles. The van der Waals surface area contributed by atoms with Gasteiger partial charge in [-0.1, -0.05) is 22.0 Å². The van der Waals surface area contributed by atoms with Crippen LogP contribution in [0.25, 0.3) is 5.65 Å². The molecule has 2 aromatic heterocycles. The van der Waals surface area contributed by atoms with Crippen LogP contribution in [0.4, 0.5) is 0 Å². The van der Waals surface area contributed by atoms with Gasteiger partial charge in [0.25, 0.3) is 5.91 Å². The molecule has 0 saturated heterocycles. The third-order valence-corrected chi connectivity index (χ3v) is 4.35. The number of hydrogen-bond acceptors (Lipinski definition) is 3. The highest BCUT2D eigenvalue weighted by Crippen LogP contribution is 2.10. The summed E-state index contributed by atoms with van der Waals surface area (Å²) in [6, 6.07) is 12.9. The highest BCUT2D eigenvalue weighted by Gasteiger charge is 2.07. The Kier molecular flexibility index (Phi) is 6.01. The topological polar surface area (TPSA) is 75.5 Å². The average molecular weight is 415 g/mol. The molecule has 6 nitrogen and oxygen atoms in total. The van der Waals surface area contributed by atoms with E-state index >= 15 is 0 Å². The number of nitrogens with zero attached hydrogens (tertiary/aromatic N) is 2. The SMILES string of the molecule is O=C(Cc1cn2ccccc2n1)NCCCNC(=O)c1ccc(Br)cc1. The van der Waals surface area contributed by atoms with E-state index < -0.39 is 0 Å². The second-order valence-electron chi connectivity index (χ2n) is 5.84. The molecule has 0 radical (unpaired) electrons. The molecular formula is C19H19BrN4O2. The van der Waals surface area contributed by atoms with Gasteiger partial charge in [0.2, 0.25) is 5.91 Å². The molecule has 134 valence electrons. The van der Waals surface area contributed by atoms with Crippen LogP contribution in [0.1, 0.15) is 22.5 Å². The molecule has 0 aliphatic heterocycles. The van der Waals surface area contributed by atoms with Crippen LogP contribution in [0.15, 0.2) is 59.3 Å². The lowest BCUT2D eigenvalue weighted by Crippen LogP contribution is -2.30. The van der Waals surface area contributed by atoms with E-state index in [1.165, 1.54) is 0 Å². The van der Waals surface area contributed by atoms with Crippen molar-refractivity contribution in [3.63, 3.8) is 0 Å². The quantitative estimate of drug-likeness (QED) is 0.583. The van der Waals surface area contributed by atoms with Crippen LogP contribution < -0.4 is 10.6 Å². The molecule has 0 unspecified atom stereocenters. The molecule has 2 N–H and O–H groups in total. The summed E-state index contributed by atoms with van der Waals surface area (Å²) >= 11 is 3.34. The van der Waals surface area contributed by atoms with E-state index in [9.17, 15) is 9.59 Å². The summed E-state index contributed by atoms with van der Waals surface area (Å²) in [5, 5.41) is 5.69. The smallest absolute Gasteiger partial charge is 0.251 e. The lowest BCUT2D eigenvalue weighted by atomic mass is 10.2. The van der Waals surface area contributed by atoms with Crippen molar-refractivity contribution < 1.29 is 9.59 Å². The molecule has 0 spiro atoms. The Bertz CT molecular complexity index is 872. The van der Waals surface area contributed by atoms with Crippen molar-refractivity contribution >= 4 is 33.4 Å². The normalized spacial score (nSPS) is 10.7. The molecule has 3 aromatic rings. The number of fused-ring (bicyclic) bond motifs is 1. The van der Waals surface area contributed by atoms with Gasteiger partial charge in [0.1, 0.15) is 5.65 Å². The number of imidazole rings is 1. The maximum atomic E-state index is 12.0. The van der Waals surface area contributed by atoms with Gasteiger partial charge in [0.15, 0.2) is 0 Å². The summed E-state index contributed by atoms with van der Waals surface area (Å²) in [4.78, 5) is 28.3. The third-order valence-electron chi connectivity index (χ3n) is 3.82. The number of halogens is 1. The molecule has 0 aliphatic carbocycles. The fraction of sp³-hybridized carbons (Fsp3) is 0.211. The first-order chi connectivity index (χ1) is 12.6. The van der Waals surface area contributed by atoms with Crippen molar-refractivity contribution in [3.8, 4) is 0 Å². The van der Waals surface area contributed by atoms with Crippen molar-refractivity contribution in [1.29, 1.82) is 0 Å². The van der Waals surface area contributed by atoms with E-state index in [2.05, 4.69) is 31.5 Å². The Labute approximate surface area is 159 Å². The predicted molar refractivity (Wildman–Crippen MR) is 103 cm³/mol. The van der Waals surface area contributed by atoms with Gasteiger partial charge in [-0.05, 0) is 42.8 Å². The van der Waals surface area contributed by atoms with Crippen molar-refractivity contribution in [2.75, 3.05) is 13.1 Å². The lowest BCUT2D eigenvalue weighted by Gasteiger charge is -2.06. The van der Waals surface area contributed by atoms with Crippen LogP contribution in [0, 0.1) is 0 Å². The molecule has 0 aliphatic rings. The van der Waals surface area contributed by atoms with Gasteiger partial charge in [-0.2, -0.15) is 0 Å². The molecule has 26 heavy (non-hydrogen) atoms. The first-order valence-corrected chi connectivity index (χ1v) is 9.14. The van der Waals surface area contributed by atoms with Gasteiger partial charge >= 0.3 is 0 Å². The summed E-state index contributed by atoms with van der Waals surface area (Å²) in [7, 11) is 0. The Morgan fingerprint density at radius 1 is 1.04 bits per heavy atom. The van der Waals surface area contributed by atoms with Gasteiger partial charge in [-0.15, -0.1) is 0 Å².